The summed E-state index contributed by atoms with van der Waals surface area (Å²) in [5.41, 5.74) is 3.13. The van der Waals surface area contributed by atoms with Gasteiger partial charge in [0.2, 0.25) is 0 Å². The van der Waals surface area contributed by atoms with Crippen molar-refractivity contribution < 1.29 is 9.53 Å². The van der Waals surface area contributed by atoms with E-state index in [0.29, 0.717) is 22.5 Å². The summed E-state index contributed by atoms with van der Waals surface area (Å²) in [6, 6.07) is 18.7. The molecule has 0 atom stereocenters. The third kappa shape index (κ3) is 4.99. The van der Waals surface area contributed by atoms with Crippen LogP contribution < -0.4 is 10.1 Å². The molecule has 2 aromatic carbocycles. The maximum Gasteiger partial charge on any atom is 0.266 e. The van der Waals surface area contributed by atoms with Crippen molar-refractivity contribution in [2.45, 2.75) is 44.3 Å². The van der Waals surface area contributed by atoms with Crippen LogP contribution in [0.5, 0.6) is 5.75 Å². The van der Waals surface area contributed by atoms with Crippen LogP contribution in [0.3, 0.4) is 0 Å². The minimum absolute atomic E-state index is 0.00882. The zero-order chi connectivity index (χ0) is 25.1. The lowest BCUT2D eigenvalue weighted by Gasteiger charge is -2.37. The van der Waals surface area contributed by atoms with Crippen molar-refractivity contribution in [3.63, 3.8) is 0 Å². The van der Waals surface area contributed by atoms with Crippen molar-refractivity contribution in [2.24, 2.45) is 0 Å². The molecule has 5 nitrogen and oxygen atoms in total. The predicted molar refractivity (Wildman–Crippen MR) is 148 cm³/mol. The van der Waals surface area contributed by atoms with Crippen LogP contribution in [-0.4, -0.2) is 42.0 Å². The number of hydrogen-bond acceptors (Lipinski definition) is 5. The van der Waals surface area contributed by atoms with Crippen molar-refractivity contribution in [1.29, 1.82) is 0 Å². The molecule has 1 N–H and O–H groups in total. The molecule has 0 bridgehead atoms. The van der Waals surface area contributed by atoms with E-state index in [-0.39, 0.29) is 11.9 Å². The maximum absolute atomic E-state index is 14.1. The number of carbonyl (C=O) groups is 1. The highest BCUT2D eigenvalue weighted by atomic mass is 35.5. The van der Waals surface area contributed by atoms with Crippen LogP contribution in [0.4, 0.5) is 0 Å². The molecular weight excluding hydrogens is 490 g/mol. The first-order valence-electron chi connectivity index (χ1n) is 12.3. The Hall–Kier alpha value is -2.93. The largest absolute Gasteiger partial charge is 0.496 e. The number of thiophene rings is 1. The van der Waals surface area contributed by atoms with Crippen molar-refractivity contribution in [1.82, 2.24) is 15.2 Å². The minimum Gasteiger partial charge on any atom is -0.496 e. The summed E-state index contributed by atoms with van der Waals surface area (Å²) in [7, 11) is 3.69. The van der Waals surface area contributed by atoms with Crippen LogP contribution in [0.15, 0.2) is 67.0 Å². The summed E-state index contributed by atoms with van der Waals surface area (Å²) in [6.07, 6.45) is 7.56. The Balaban J connectivity index is 1.53. The van der Waals surface area contributed by atoms with Gasteiger partial charge in [0, 0.05) is 46.7 Å². The molecule has 1 aliphatic carbocycles. The number of carbonyl (C=O) groups excluding carboxylic acids is 1. The van der Waals surface area contributed by atoms with E-state index in [1.54, 1.807) is 19.5 Å². The average molecular weight is 520 g/mol. The Morgan fingerprint density at radius 3 is 2.53 bits per heavy atom. The van der Waals surface area contributed by atoms with E-state index < -0.39 is 0 Å². The lowest BCUT2D eigenvalue weighted by atomic mass is 9.89. The average Bonchev–Trinajstić information content (AvgIpc) is 3.28. The monoisotopic (exact) mass is 519 g/mol. The van der Waals surface area contributed by atoms with E-state index in [4.69, 9.17) is 16.3 Å². The van der Waals surface area contributed by atoms with Gasteiger partial charge in [0.05, 0.1) is 12.1 Å². The number of methoxy groups -OCH3 is 1. The summed E-state index contributed by atoms with van der Waals surface area (Å²) < 4.78 is 6.76. The lowest BCUT2D eigenvalue weighted by Crippen LogP contribution is -2.44. The zero-order valence-electron chi connectivity index (χ0n) is 20.5. The van der Waals surface area contributed by atoms with Crippen LogP contribution in [-0.2, 0) is 6.54 Å². The Labute approximate surface area is 221 Å². The van der Waals surface area contributed by atoms with Gasteiger partial charge >= 0.3 is 0 Å². The van der Waals surface area contributed by atoms with E-state index in [0.717, 1.165) is 58.2 Å². The fourth-order valence-electron chi connectivity index (χ4n) is 5.13. The molecule has 5 rings (SSSR count). The molecule has 1 fully saturated rings. The molecule has 186 valence electrons. The van der Waals surface area contributed by atoms with Gasteiger partial charge in [-0.1, -0.05) is 35.9 Å². The molecule has 0 saturated heterocycles. The highest BCUT2D eigenvalue weighted by Crippen LogP contribution is 2.38. The van der Waals surface area contributed by atoms with E-state index in [9.17, 15) is 4.79 Å². The second kappa shape index (κ2) is 11.0. The highest BCUT2D eigenvalue weighted by Gasteiger charge is 2.32. The van der Waals surface area contributed by atoms with Gasteiger partial charge in [0.25, 0.3) is 5.91 Å². The van der Waals surface area contributed by atoms with Crippen molar-refractivity contribution in [2.75, 3.05) is 14.2 Å². The van der Waals surface area contributed by atoms with Crippen LogP contribution >= 0.6 is 22.9 Å². The van der Waals surface area contributed by atoms with Gasteiger partial charge < -0.3 is 15.0 Å². The number of fused-ring (bicyclic) bond motifs is 1. The topological polar surface area (TPSA) is 54.5 Å². The first-order chi connectivity index (χ1) is 17.6. The van der Waals surface area contributed by atoms with Gasteiger partial charge in [-0.15, -0.1) is 11.3 Å². The predicted octanol–water partition coefficient (Wildman–Crippen LogP) is 6.80. The molecule has 4 aromatic rings. The molecule has 0 unspecified atom stereocenters. The molecule has 1 aliphatic rings. The van der Waals surface area contributed by atoms with Crippen LogP contribution in [0.1, 0.15) is 40.9 Å². The van der Waals surface area contributed by atoms with Gasteiger partial charge in [-0.3, -0.25) is 9.78 Å². The normalized spacial score (nSPS) is 17.8. The quantitative estimate of drug-likeness (QED) is 0.292. The van der Waals surface area contributed by atoms with Crippen LogP contribution in [0.2, 0.25) is 5.02 Å². The van der Waals surface area contributed by atoms with Gasteiger partial charge in [-0.2, -0.15) is 0 Å². The number of halogens is 1. The third-order valence-corrected chi connectivity index (χ3v) is 8.83. The second-order valence-electron chi connectivity index (χ2n) is 9.23. The van der Waals surface area contributed by atoms with Crippen LogP contribution in [0.25, 0.3) is 21.2 Å². The summed E-state index contributed by atoms with van der Waals surface area (Å²) in [5, 5.41) is 4.88. The molecule has 1 saturated carbocycles. The zero-order valence-corrected chi connectivity index (χ0v) is 22.1. The molecule has 0 aliphatic heterocycles. The number of nitrogens with one attached hydrogen (secondary N) is 1. The van der Waals surface area contributed by atoms with E-state index in [2.05, 4.69) is 16.4 Å². The fraction of sp³-hybridized carbons (Fsp3) is 0.310. The maximum atomic E-state index is 14.1. The first-order valence-corrected chi connectivity index (χ1v) is 13.5. The number of nitrogens with zero attached hydrogens (tertiary/aromatic N) is 2. The molecule has 1 amide bonds. The molecule has 2 heterocycles. The lowest BCUT2D eigenvalue weighted by molar-refractivity contribution is 0.0604. The number of ether oxygens (including phenoxy) is 1. The Morgan fingerprint density at radius 2 is 1.83 bits per heavy atom. The SMILES string of the molecule is CN[C@H]1CC[C@H](N(Cc2cc(-c3ccncc3)ccc2OC)C(=O)c2sc3ccccc3c2Cl)CC1. The molecule has 0 spiro atoms. The summed E-state index contributed by atoms with van der Waals surface area (Å²) in [6.45, 7) is 0.459. The fourth-order valence-corrected chi connectivity index (χ4v) is 6.60. The number of benzene rings is 2. The number of amides is 1. The molecule has 2 aromatic heterocycles. The molecule has 0 radical (unpaired) electrons. The first kappa shape index (κ1) is 24.8. The van der Waals surface area contributed by atoms with Crippen molar-refractivity contribution >= 4 is 38.9 Å². The van der Waals surface area contributed by atoms with E-state index in [1.807, 2.05) is 60.5 Å². The van der Waals surface area contributed by atoms with Gasteiger partial charge in [-0.05, 0) is 74.2 Å². The number of rotatable bonds is 7. The third-order valence-electron chi connectivity index (χ3n) is 7.17. The van der Waals surface area contributed by atoms with Crippen LogP contribution in [0, 0.1) is 0 Å². The summed E-state index contributed by atoms with van der Waals surface area (Å²) in [5.74, 6) is 0.766. The van der Waals surface area contributed by atoms with E-state index >= 15 is 0 Å². The molecular formula is C29H30ClN3O2S. The van der Waals surface area contributed by atoms with Gasteiger partial charge in [-0.25, -0.2) is 0 Å². The smallest absolute Gasteiger partial charge is 0.266 e. The molecule has 7 heteroatoms. The summed E-state index contributed by atoms with van der Waals surface area (Å²) >= 11 is 8.25. The number of pyridine rings is 1. The van der Waals surface area contributed by atoms with Crippen molar-refractivity contribution in [3.8, 4) is 16.9 Å². The number of aromatic nitrogens is 1. The Kier molecular flexibility index (Phi) is 7.56. The van der Waals surface area contributed by atoms with Crippen molar-refractivity contribution in [3.05, 3.63) is 82.5 Å². The molecule has 36 heavy (non-hydrogen) atoms. The van der Waals surface area contributed by atoms with E-state index in [1.165, 1.54) is 11.3 Å². The second-order valence-corrected chi connectivity index (χ2v) is 10.7. The van der Waals surface area contributed by atoms with Gasteiger partial charge in [0.15, 0.2) is 0 Å². The number of hydrogen-bond donors (Lipinski definition) is 1. The Bertz CT molecular complexity index is 1350. The summed E-state index contributed by atoms with van der Waals surface area (Å²) in [4.78, 5) is 20.9. The highest BCUT2D eigenvalue weighted by molar-refractivity contribution is 7.21. The Morgan fingerprint density at radius 1 is 1.08 bits per heavy atom. The minimum atomic E-state index is -0.00882. The van der Waals surface area contributed by atoms with Gasteiger partial charge in [0.1, 0.15) is 10.6 Å². The standard InChI is InChI=1S/C29H30ClN3O2S/c1-31-22-8-10-23(11-9-22)33(29(34)28-27(30)24-5-3-4-6-26(24)36-28)18-21-17-20(7-12-25(21)35-2)19-13-15-32-16-14-19/h3-7,12-17,22-23,31H,8-11,18H2,1-2H3/t22-,23-.